The molecule has 0 saturated heterocycles. The molecule has 0 radical (unpaired) electrons. The van der Waals surface area contributed by atoms with Gasteiger partial charge in [0.25, 0.3) is 0 Å². The first kappa shape index (κ1) is 33.9. The van der Waals surface area contributed by atoms with Crippen LogP contribution in [-0.4, -0.2) is 9.97 Å². The van der Waals surface area contributed by atoms with Crippen molar-refractivity contribution in [3.8, 4) is 67.2 Å². The lowest BCUT2D eigenvalue weighted by atomic mass is 9.67. The number of hydrogen-bond acceptors (Lipinski definition) is 3. The van der Waals surface area contributed by atoms with Crippen LogP contribution in [0, 0.1) is 0 Å². The maximum absolute atomic E-state index is 5.29. The van der Waals surface area contributed by atoms with E-state index in [1.807, 2.05) is 0 Å². The predicted octanol–water partition coefficient (Wildman–Crippen LogP) is 15.0. The molecule has 1 spiro atoms. The second kappa shape index (κ2) is 12.7. The molecule has 0 atom stereocenters. The minimum atomic E-state index is -0.0111. The minimum Gasteiger partial charge on any atom is -0.227 e. The molecule has 3 heteroatoms. The van der Waals surface area contributed by atoms with E-state index in [0.29, 0.717) is 0 Å². The Labute approximate surface area is 343 Å². The first-order valence-corrected chi connectivity index (χ1v) is 21.7. The summed E-state index contributed by atoms with van der Waals surface area (Å²) in [4.78, 5) is 11.5. The van der Waals surface area contributed by atoms with Crippen LogP contribution in [0.4, 0.5) is 0 Å². The number of aromatic nitrogens is 2. The standard InChI is InChI=1S/C55H42N2S/c1-54(2)45-23-9-7-21-40(45)43-33-48-44(32-46(43)54)41-26-25-38(31-47(41)55(48)27-11-4-12-28-55)36-18-13-17-35(29-36)37-19-14-20-39(30-37)52-56-51(34-15-5-3-6-16-34)50-42-22-8-10-24-49(42)58-53(50)57-52/h3,5-10,13-26,29-33H,4,11-12,27-28H2,1-2H3. The van der Waals surface area contributed by atoms with Crippen molar-refractivity contribution in [2.45, 2.75) is 56.8 Å². The molecule has 1 fully saturated rings. The fourth-order valence-electron chi connectivity index (χ4n) is 10.8. The highest BCUT2D eigenvalue weighted by molar-refractivity contribution is 7.25. The predicted molar refractivity (Wildman–Crippen MR) is 244 cm³/mol. The van der Waals surface area contributed by atoms with Gasteiger partial charge in [-0.3, -0.25) is 0 Å². The van der Waals surface area contributed by atoms with Gasteiger partial charge in [-0.2, -0.15) is 0 Å². The van der Waals surface area contributed by atoms with E-state index in [1.54, 1.807) is 16.9 Å². The van der Waals surface area contributed by atoms with Gasteiger partial charge in [0.2, 0.25) is 0 Å². The lowest BCUT2D eigenvalue weighted by Crippen LogP contribution is -2.28. The number of benzene rings is 7. The zero-order valence-electron chi connectivity index (χ0n) is 32.8. The maximum atomic E-state index is 5.29. The van der Waals surface area contributed by atoms with Crippen LogP contribution in [0.5, 0.6) is 0 Å². The lowest BCUT2D eigenvalue weighted by Gasteiger charge is -2.36. The molecule has 1 saturated carbocycles. The highest BCUT2D eigenvalue weighted by Crippen LogP contribution is 2.60. The maximum Gasteiger partial charge on any atom is 0.161 e. The van der Waals surface area contributed by atoms with Crippen LogP contribution in [-0.2, 0) is 10.8 Å². The van der Waals surface area contributed by atoms with Gasteiger partial charge in [0.1, 0.15) is 4.83 Å². The molecule has 0 aliphatic heterocycles. The Bertz CT molecular complexity index is 3130. The number of fused-ring (bicyclic) bond motifs is 11. The van der Waals surface area contributed by atoms with Gasteiger partial charge in [-0.05, 0) is 116 Å². The van der Waals surface area contributed by atoms with Gasteiger partial charge in [-0.1, -0.05) is 154 Å². The van der Waals surface area contributed by atoms with Crippen molar-refractivity contribution in [3.05, 3.63) is 180 Å². The number of rotatable bonds is 4. The fourth-order valence-corrected chi connectivity index (χ4v) is 11.9. The Kier molecular flexibility index (Phi) is 7.41. The Hall–Kier alpha value is -6.16. The van der Waals surface area contributed by atoms with E-state index in [2.05, 4.69) is 172 Å². The Morgan fingerprint density at radius 2 is 1.05 bits per heavy atom. The molecule has 58 heavy (non-hydrogen) atoms. The molecule has 0 bridgehead atoms. The summed E-state index contributed by atoms with van der Waals surface area (Å²) in [6, 6.07) is 58.6. The lowest BCUT2D eigenvalue weighted by molar-refractivity contribution is 0.353. The van der Waals surface area contributed by atoms with Gasteiger partial charge in [0.05, 0.1) is 5.69 Å². The summed E-state index contributed by atoms with van der Waals surface area (Å²) in [6.45, 7) is 4.81. The van der Waals surface area contributed by atoms with Gasteiger partial charge in [-0.25, -0.2) is 9.97 Å². The van der Waals surface area contributed by atoms with Crippen LogP contribution in [0.3, 0.4) is 0 Å². The molecular weight excluding hydrogens is 721 g/mol. The Balaban J connectivity index is 0.943. The molecule has 12 rings (SSSR count). The smallest absolute Gasteiger partial charge is 0.161 e. The van der Waals surface area contributed by atoms with E-state index < -0.39 is 0 Å². The SMILES string of the molecule is CC1(C)c2ccccc2-c2cc3c(cc21)-c1ccc(-c2cccc(-c4cccc(-c5nc(-c6ccccc6)c6c(n5)sc5ccccc56)c4)c2)cc1C31CCCCC1. The zero-order valence-corrected chi connectivity index (χ0v) is 33.7. The van der Waals surface area contributed by atoms with Crippen LogP contribution >= 0.6 is 11.3 Å². The Morgan fingerprint density at radius 3 is 1.86 bits per heavy atom. The summed E-state index contributed by atoms with van der Waals surface area (Å²) in [5.74, 6) is 0.754. The minimum absolute atomic E-state index is 0.0111. The fraction of sp³-hybridized carbons (Fsp3) is 0.164. The normalized spacial score (nSPS) is 15.7. The monoisotopic (exact) mass is 762 g/mol. The molecule has 2 heterocycles. The largest absolute Gasteiger partial charge is 0.227 e. The van der Waals surface area contributed by atoms with Crippen molar-refractivity contribution in [1.82, 2.24) is 9.97 Å². The molecule has 9 aromatic rings. The first-order chi connectivity index (χ1) is 28.5. The van der Waals surface area contributed by atoms with Gasteiger partial charge < -0.3 is 0 Å². The van der Waals surface area contributed by atoms with Crippen molar-refractivity contribution < 1.29 is 0 Å². The van der Waals surface area contributed by atoms with E-state index in [9.17, 15) is 0 Å². The van der Waals surface area contributed by atoms with Crippen LogP contribution in [0.1, 0.15) is 68.2 Å². The summed E-state index contributed by atoms with van der Waals surface area (Å²) >= 11 is 1.74. The van der Waals surface area contributed by atoms with E-state index in [4.69, 9.17) is 9.97 Å². The average molecular weight is 763 g/mol. The molecule has 0 unspecified atom stereocenters. The summed E-state index contributed by atoms with van der Waals surface area (Å²) in [5.41, 5.74) is 19.8. The summed E-state index contributed by atoms with van der Waals surface area (Å²) < 4.78 is 1.23. The van der Waals surface area contributed by atoms with Gasteiger partial charge in [0.15, 0.2) is 5.82 Å². The van der Waals surface area contributed by atoms with Gasteiger partial charge >= 0.3 is 0 Å². The number of hydrogen-bond donors (Lipinski definition) is 0. The molecule has 278 valence electrons. The molecule has 0 N–H and O–H groups in total. The molecule has 0 amide bonds. The van der Waals surface area contributed by atoms with Crippen molar-refractivity contribution in [2.75, 3.05) is 0 Å². The van der Waals surface area contributed by atoms with Crippen LogP contribution < -0.4 is 0 Å². The van der Waals surface area contributed by atoms with Gasteiger partial charge in [-0.15, -0.1) is 11.3 Å². The molecule has 2 nitrogen and oxygen atoms in total. The van der Waals surface area contributed by atoms with Crippen LogP contribution in [0.15, 0.2) is 158 Å². The molecule has 2 aromatic heterocycles. The van der Waals surface area contributed by atoms with Crippen LogP contribution in [0.25, 0.3) is 87.5 Å². The van der Waals surface area contributed by atoms with Crippen molar-refractivity contribution in [3.63, 3.8) is 0 Å². The van der Waals surface area contributed by atoms with E-state index in [1.165, 1.54) is 97.8 Å². The number of thiophene rings is 1. The highest BCUT2D eigenvalue weighted by Gasteiger charge is 2.46. The molecule has 7 aromatic carbocycles. The third-order valence-electron chi connectivity index (χ3n) is 13.7. The third-order valence-corrected chi connectivity index (χ3v) is 14.8. The quantitative estimate of drug-likeness (QED) is 0.178. The summed E-state index contributed by atoms with van der Waals surface area (Å²) in [6.07, 6.45) is 6.31. The van der Waals surface area contributed by atoms with E-state index >= 15 is 0 Å². The van der Waals surface area contributed by atoms with E-state index in [0.717, 1.165) is 38.4 Å². The zero-order chi connectivity index (χ0) is 38.6. The van der Waals surface area contributed by atoms with Crippen molar-refractivity contribution >= 4 is 31.6 Å². The molecule has 3 aliphatic rings. The molecule has 3 aliphatic carbocycles. The highest BCUT2D eigenvalue weighted by atomic mass is 32.1. The molecular formula is C55H42N2S. The van der Waals surface area contributed by atoms with Crippen molar-refractivity contribution in [1.29, 1.82) is 0 Å². The second-order valence-corrected chi connectivity index (χ2v) is 18.2. The summed E-state index contributed by atoms with van der Waals surface area (Å²) in [5, 5.41) is 2.34. The average Bonchev–Trinajstić information content (AvgIpc) is 3.86. The summed E-state index contributed by atoms with van der Waals surface area (Å²) in [7, 11) is 0. The van der Waals surface area contributed by atoms with Crippen LogP contribution in [0.2, 0.25) is 0 Å². The first-order valence-electron chi connectivity index (χ1n) is 20.9. The number of nitrogens with zero attached hydrogens (tertiary/aromatic N) is 2. The van der Waals surface area contributed by atoms with E-state index in [-0.39, 0.29) is 10.8 Å². The van der Waals surface area contributed by atoms with Crippen molar-refractivity contribution in [2.24, 2.45) is 0 Å². The topological polar surface area (TPSA) is 25.8 Å². The Morgan fingerprint density at radius 1 is 0.448 bits per heavy atom. The second-order valence-electron chi connectivity index (χ2n) is 17.2. The third kappa shape index (κ3) is 4.96. The van der Waals surface area contributed by atoms with Gasteiger partial charge in [0, 0.05) is 37.4 Å².